The SMILES string of the molecule is C=CCCC=C[NH+](CCC)CCC.[OH-]. The quantitative estimate of drug-likeness (QED) is 0.471. The summed E-state index contributed by atoms with van der Waals surface area (Å²) in [6.45, 7) is 10.7. The molecule has 0 atom stereocenters. The van der Waals surface area contributed by atoms with Gasteiger partial charge in [-0.05, 0) is 31.8 Å². The first-order valence-electron chi connectivity index (χ1n) is 5.47. The van der Waals surface area contributed by atoms with Crippen LogP contribution in [0.2, 0.25) is 0 Å². The molecule has 0 rings (SSSR count). The van der Waals surface area contributed by atoms with Gasteiger partial charge in [-0.1, -0.05) is 19.9 Å². The second kappa shape index (κ2) is 12.4. The van der Waals surface area contributed by atoms with Crippen molar-refractivity contribution in [3.8, 4) is 0 Å². The van der Waals surface area contributed by atoms with Gasteiger partial charge in [-0.15, -0.1) is 6.58 Å². The van der Waals surface area contributed by atoms with Gasteiger partial charge in [0.05, 0.1) is 19.3 Å². The van der Waals surface area contributed by atoms with Crippen LogP contribution >= 0.6 is 0 Å². The van der Waals surface area contributed by atoms with E-state index in [2.05, 4.69) is 32.7 Å². The van der Waals surface area contributed by atoms with Crippen LogP contribution in [0.25, 0.3) is 0 Å². The Bertz CT molecular complexity index is 137. The zero-order valence-corrected chi connectivity index (χ0v) is 9.63. The molecule has 2 nitrogen and oxygen atoms in total. The van der Waals surface area contributed by atoms with E-state index < -0.39 is 0 Å². The van der Waals surface area contributed by atoms with Crippen molar-refractivity contribution in [2.24, 2.45) is 0 Å². The van der Waals surface area contributed by atoms with Crippen LogP contribution in [0, 0.1) is 0 Å². The number of nitrogens with one attached hydrogen (secondary N) is 1. The molecular formula is C12H25NO. The van der Waals surface area contributed by atoms with Crippen LogP contribution in [-0.4, -0.2) is 18.6 Å². The van der Waals surface area contributed by atoms with Crippen LogP contribution in [-0.2, 0) is 0 Å². The molecule has 0 aromatic carbocycles. The highest BCUT2D eigenvalue weighted by Crippen LogP contribution is 1.88. The predicted octanol–water partition coefficient (Wildman–Crippen LogP) is 1.99. The van der Waals surface area contributed by atoms with Crippen molar-refractivity contribution in [1.29, 1.82) is 0 Å². The molecule has 0 saturated carbocycles. The fraction of sp³-hybridized carbons (Fsp3) is 0.667. The van der Waals surface area contributed by atoms with Gasteiger partial charge in [0.2, 0.25) is 0 Å². The lowest BCUT2D eigenvalue weighted by atomic mass is 10.3. The fourth-order valence-corrected chi connectivity index (χ4v) is 1.40. The smallest absolute Gasteiger partial charge is 0.0901 e. The molecule has 84 valence electrons. The van der Waals surface area contributed by atoms with Gasteiger partial charge in [-0.25, -0.2) is 0 Å². The third-order valence-corrected chi connectivity index (χ3v) is 2.03. The first-order chi connectivity index (χ1) is 6.35. The zero-order chi connectivity index (χ0) is 9.94. The molecule has 0 aliphatic heterocycles. The van der Waals surface area contributed by atoms with Crippen LogP contribution in [0.15, 0.2) is 24.9 Å². The van der Waals surface area contributed by atoms with Crippen LogP contribution in [0.1, 0.15) is 39.5 Å². The van der Waals surface area contributed by atoms with Crippen LogP contribution < -0.4 is 4.90 Å². The van der Waals surface area contributed by atoms with Gasteiger partial charge >= 0.3 is 0 Å². The first kappa shape index (κ1) is 15.9. The van der Waals surface area contributed by atoms with E-state index in [1.54, 1.807) is 4.90 Å². The molecule has 0 aromatic rings. The highest BCUT2D eigenvalue weighted by molar-refractivity contribution is 4.77. The Morgan fingerprint density at radius 1 is 1.07 bits per heavy atom. The zero-order valence-electron chi connectivity index (χ0n) is 9.63. The Kier molecular flexibility index (Phi) is 14.0. The lowest BCUT2D eigenvalue weighted by molar-refractivity contribution is -0.847. The molecule has 0 unspecified atom stereocenters. The number of allylic oxidation sites excluding steroid dienone is 2. The van der Waals surface area contributed by atoms with Crippen molar-refractivity contribution in [3.63, 3.8) is 0 Å². The average Bonchev–Trinajstić information content (AvgIpc) is 2.13. The first-order valence-corrected chi connectivity index (χ1v) is 5.47. The minimum atomic E-state index is 0. The molecule has 0 amide bonds. The topological polar surface area (TPSA) is 34.4 Å². The Morgan fingerprint density at radius 2 is 1.64 bits per heavy atom. The summed E-state index contributed by atoms with van der Waals surface area (Å²) in [6.07, 6.45) is 11.3. The highest BCUT2D eigenvalue weighted by Gasteiger charge is 1.99. The van der Waals surface area contributed by atoms with Gasteiger partial charge in [0.1, 0.15) is 0 Å². The van der Waals surface area contributed by atoms with E-state index in [9.17, 15) is 0 Å². The summed E-state index contributed by atoms with van der Waals surface area (Å²) in [7, 11) is 0. The standard InChI is InChI=1S/C12H23N.H2O/c1-4-7-8-9-12-13(10-5-2)11-6-3;/h4,9,12H,1,5-8,10-11H2,2-3H3;1H2. The second-order valence-corrected chi connectivity index (χ2v) is 3.43. The van der Waals surface area contributed by atoms with Crippen LogP contribution in [0.5, 0.6) is 0 Å². The maximum atomic E-state index is 3.71. The summed E-state index contributed by atoms with van der Waals surface area (Å²) >= 11 is 0. The Balaban J connectivity index is 0. The van der Waals surface area contributed by atoms with Gasteiger partial charge in [0, 0.05) is 0 Å². The van der Waals surface area contributed by atoms with Crippen molar-refractivity contribution in [2.45, 2.75) is 39.5 Å². The van der Waals surface area contributed by atoms with E-state index in [-0.39, 0.29) is 5.48 Å². The molecule has 2 N–H and O–H groups in total. The van der Waals surface area contributed by atoms with Crippen molar-refractivity contribution < 1.29 is 10.4 Å². The maximum absolute atomic E-state index is 3.71. The van der Waals surface area contributed by atoms with Gasteiger partial charge in [0.15, 0.2) is 0 Å². The minimum Gasteiger partial charge on any atom is -0.870 e. The predicted molar refractivity (Wildman–Crippen MR) is 61.8 cm³/mol. The molecule has 0 saturated heterocycles. The van der Waals surface area contributed by atoms with Crippen molar-refractivity contribution >= 4 is 0 Å². The molecule has 0 aromatic heterocycles. The molecule has 0 fully saturated rings. The van der Waals surface area contributed by atoms with E-state index in [4.69, 9.17) is 0 Å². The largest absolute Gasteiger partial charge is 0.870 e. The molecule has 0 bridgehead atoms. The molecule has 14 heavy (non-hydrogen) atoms. The Morgan fingerprint density at radius 3 is 2.07 bits per heavy atom. The van der Waals surface area contributed by atoms with Crippen molar-refractivity contribution in [2.75, 3.05) is 13.1 Å². The van der Waals surface area contributed by atoms with Gasteiger partial charge in [0.25, 0.3) is 0 Å². The molecule has 0 spiro atoms. The summed E-state index contributed by atoms with van der Waals surface area (Å²) in [5.41, 5.74) is 0. The van der Waals surface area contributed by atoms with Gasteiger partial charge < -0.3 is 10.4 Å². The summed E-state index contributed by atoms with van der Waals surface area (Å²) in [5.74, 6) is 0. The number of quaternary nitrogens is 1. The third-order valence-electron chi connectivity index (χ3n) is 2.03. The summed E-state index contributed by atoms with van der Waals surface area (Å²) in [4.78, 5) is 1.61. The van der Waals surface area contributed by atoms with E-state index in [0.29, 0.717) is 0 Å². The monoisotopic (exact) mass is 199 g/mol. The maximum Gasteiger partial charge on any atom is 0.0901 e. The number of hydrogen-bond acceptors (Lipinski definition) is 1. The molecule has 0 aliphatic carbocycles. The number of hydrogen-bond donors (Lipinski definition) is 1. The molecule has 2 heteroatoms. The van der Waals surface area contributed by atoms with E-state index in [0.717, 1.165) is 12.8 Å². The number of unbranched alkanes of at least 4 members (excludes halogenated alkanes) is 1. The molecule has 0 aliphatic rings. The fourth-order valence-electron chi connectivity index (χ4n) is 1.40. The van der Waals surface area contributed by atoms with Crippen LogP contribution in [0.4, 0.5) is 0 Å². The molecule has 0 radical (unpaired) electrons. The Labute approximate surface area is 88.6 Å². The van der Waals surface area contributed by atoms with Crippen molar-refractivity contribution in [3.05, 3.63) is 24.9 Å². The third kappa shape index (κ3) is 9.49. The highest BCUT2D eigenvalue weighted by atomic mass is 16.0. The van der Waals surface area contributed by atoms with Gasteiger partial charge in [-0.3, -0.25) is 0 Å². The Hall–Kier alpha value is -0.600. The normalized spacial score (nSPS) is 10.5. The molecular weight excluding hydrogens is 174 g/mol. The lowest BCUT2D eigenvalue weighted by Crippen LogP contribution is -3.07. The summed E-state index contributed by atoms with van der Waals surface area (Å²) < 4.78 is 0. The average molecular weight is 199 g/mol. The van der Waals surface area contributed by atoms with E-state index >= 15 is 0 Å². The summed E-state index contributed by atoms with van der Waals surface area (Å²) in [6, 6.07) is 0. The second-order valence-electron chi connectivity index (χ2n) is 3.43. The van der Waals surface area contributed by atoms with Crippen molar-refractivity contribution in [1.82, 2.24) is 0 Å². The number of rotatable bonds is 8. The van der Waals surface area contributed by atoms with Gasteiger partial charge in [-0.2, -0.15) is 0 Å². The van der Waals surface area contributed by atoms with E-state index in [1.807, 2.05) is 6.08 Å². The summed E-state index contributed by atoms with van der Waals surface area (Å²) in [5, 5.41) is 0. The molecule has 0 heterocycles. The van der Waals surface area contributed by atoms with E-state index in [1.165, 1.54) is 25.9 Å². The lowest BCUT2D eigenvalue weighted by Gasteiger charge is -2.11. The minimum absolute atomic E-state index is 0. The van der Waals surface area contributed by atoms with Crippen LogP contribution in [0.3, 0.4) is 0 Å².